The molecule has 3 N–H and O–H groups in total. The van der Waals surface area contributed by atoms with Gasteiger partial charge >= 0.3 is 0 Å². The highest BCUT2D eigenvalue weighted by molar-refractivity contribution is 7.14. The average Bonchev–Trinajstić information content (AvgIpc) is 3.22. The number of furan rings is 1. The highest BCUT2D eigenvalue weighted by atomic mass is 35.5. The summed E-state index contributed by atoms with van der Waals surface area (Å²) in [6.07, 6.45) is 1.69. The van der Waals surface area contributed by atoms with Gasteiger partial charge in [-0.3, -0.25) is 9.59 Å². The first-order chi connectivity index (χ1) is 12.0. The molecule has 0 saturated carbocycles. The maximum absolute atomic E-state index is 12.4. The van der Waals surface area contributed by atoms with Crippen LogP contribution in [0.5, 0.6) is 0 Å². The summed E-state index contributed by atoms with van der Waals surface area (Å²) in [6.45, 7) is 4.77. The van der Waals surface area contributed by atoms with Crippen LogP contribution >= 0.6 is 23.7 Å². The van der Waals surface area contributed by atoms with E-state index in [0.29, 0.717) is 34.9 Å². The van der Waals surface area contributed by atoms with Crippen LogP contribution in [0.4, 0.5) is 5.13 Å². The molecule has 0 bridgehead atoms. The Morgan fingerprint density at radius 3 is 2.96 bits per heavy atom. The number of piperidine rings is 1. The van der Waals surface area contributed by atoms with E-state index in [1.54, 1.807) is 6.07 Å². The molecule has 142 valence electrons. The van der Waals surface area contributed by atoms with E-state index in [4.69, 9.17) is 4.42 Å². The first kappa shape index (κ1) is 20.4. The van der Waals surface area contributed by atoms with Crippen molar-refractivity contribution in [2.24, 2.45) is 5.92 Å². The summed E-state index contributed by atoms with van der Waals surface area (Å²) in [5.41, 5.74) is 0.674. The highest BCUT2D eigenvalue weighted by Crippen LogP contribution is 2.27. The monoisotopic (exact) mass is 398 g/mol. The van der Waals surface area contributed by atoms with Gasteiger partial charge in [-0.25, -0.2) is 4.98 Å². The zero-order valence-corrected chi connectivity index (χ0v) is 16.3. The molecule has 1 saturated heterocycles. The maximum Gasteiger partial charge on any atom is 0.229 e. The molecular formula is C17H23ClN4O3S. The summed E-state index contributed by atoms with van der Waals surface area (Å²) in [4.78, 5) is 27.8. The lowest BCUT2D eigenvalue weighted by Crippen LogP contribution is -2.40. The van der Waals surface area contributed by atoms with Crippen molar-refractivity contribution >= 4 is 40.7 Å². The smallest absolute Gasteiger partial charge is 0.229 e. The van der Waals surface area contributed by atoms with Crippen LogP contribution in [0.25, 0.3) is 11.5 Å². The van der Waals surface area contributed by atoms with Crippen molar-refractivity contribution in [3.63, 3.8) is 0 Å². The van der Waals surface area contributed by atoms with Gasteiger partial charge in [-0.2, -0.15) is 0 Å². The van der Waals surface area contributed by atoms with Gasteiger partial charge in [0.05, 0.1) is 6.54 Å². The fraction of sp³-hybridized carbons (Fsp3) is 0.471. The summed E-state index contributed by atoms with van der Waals surface area (Å²) in [7, 11) is 0. The second-order valence-corrected chi connectivity index (χ2v) is 7.14. The number of rotatable bonds is 5. The van der Waals surface area contributed by atoms with Crippen molar-refractivity contribution < 1.29 is 14.0 Å². The third-order valence-corrected chi connectivity index (χ3v) is 4.91. The predicted octanol–water partition coefficient (Wildman–Crippen LogP) is 2.79. The molecule has 0 unspecified atom stereocenters. The standard InChI is InChI=1S/C17H22N4O3S.ClH/c1-10-7-12(5-6-18-10)16(23)21-17-20-14(9-25-17)15-4-3-13(24-15)8-19-11(2)22;/h3-4,9-10,12,18H,5-8H2,1-2H3,(H,19,22)(H,20,21,23);1H/t10-,12-;/m0./s1. The highest BCUT2D eigenvalue weighted by Gasteiger charge is 2.25. The van der Waals surface area contributed by atoms with E-state index in [9.17, 15) is 9.59 Å². The normalized spacial score (nSPS) is 19.5. The SMILES string of the molecule is CC(=O)NCc1ccc(-c2csc(NC(=O)[C@H]3CCN[C@@H](C)C3)n2)o1.Cl. The molecule has 0 spiro atoms. The molecule has 0 aromatic carbocycles. The first-order valence-electron chi connectivity index (χ1n) is 8.34. The molecule has 9 heteroatoms. The molecule has 2 aromatic heterocycles. The number of aromatic nitrogens is 1. The number of carbonyl (C=O) groups is 2. The van der Waals surface area contributed by atoms with Crippen molar-refractivity contribution in [1.82, 2.24) is 15.6 Å². The summed E-state index contributed by atoms with van der Waals surface area (Å²) in [6, 6.07) is 3.98. The number of halogens is 1. The fourth-order valence-corrected chi connectivity index (χ4v) is 3.55. The van der Waals surface area contributed by atoms with Gasteiger partial charge < -0.3 is 20.4 Å². The van der Waals surface area contributed by atoms with Crippen LogP contribution in [0.3, 0.4) is 0 Å². The lowest BCUT2D eigenvalue weighted by molar-refractivity contribution is -0.121. The van der Waals surface area contributed by atoms with Crippen LogP contribution in [-0.2, 0) is 16.1 Å². The largest absolute Gasteiger partial charge is 0.458 e. The second-order valence-electron chi connectivity index (χ2n) is 6.28. The molecule has 1 aliphatic rings. The van der Waals surface area contributed by atoms with Crippen molar-refractivity contribution in [3.05, 3.63) is 23.3 Å². The average molecular weight is 399 g/mol. The Hall–Kier alpha value is -1.90. The minimum Gasteiger partial charge on any atom is -0.458 e. The number of hydrogen-bond donors (Lipinski definition) is 3. The van der Waals surface area contributed by atoms with Crippen LogP contribution < -0.4 is 16.0 Å². The molecule has 0 radical (unpaired) electrons. The molecule has 3 heterocycles. The Morgan fingerprint density at radius 2 is 2.23 bits per heavy atom. The van der Waals surface area contributed by atoms with Gasteiger partial charge in [-0.05, 0) is 38.4 Å². The lowest BCUT2D eigenvalue weighted by Gasteiger charge is -2.26. The minimum atomic E-state index is -0.108. The summed E-state index contributed by atoms with van der Waals surface area (Å²) < 4.78 is 5.68. The molecular weight excluding hydrogens is 376 g/mol. The predicted molar refractivity (Wildman–Crippen MR) is 103 cm³/mol. The molecule has 26 heavy (non-hydrogen) atoms. The first-order valence-corrected chi connectivity index (χ1v) is 9.22. The van der Waals surface area contributed by atoms with Gasteiger partial charge in [0.25, 0.3) is 0 Å². The fourth-order valence-electron chi connectivity index (χ4n) is 2.84. The number of anilines is 1. The lowest BCUT2D eigenvalue weighted by atomic mass is 9.93. The zero-order chi connectivity index (χ0) is 17.8. The number of nitrogens with one attached hydrogen (secondary N) is 3. The molecule has 2 aromatic rings. The summed E-state index contributed by atoms with van der Waals surface area (Å²) in [5, 5.41) is 11.4. The van der Waals surface area contributed by atoms with E-state index < -0.39 is 0 Å². The van der Waals surface area contributed by atoms with Crippen molar-refractivity contribution in [2.75, 3.05) is 11.9 Å². The Kier molecular flexibility index (Phi) is 7.19. The van der Waals surface area contributed by atoms with E-state index in [1.807, 2.05) is 11.4 Å². The van der Waals surface area contributed by atoms with Gasteiger partial charge in [0, 0.05) is 24.3 Å². The molecule has 2 amide bonds. The van der Waals surface area contributed by atoms with Crippen molar-refractivity contribution in [2.45, 2.75) is 39.3 Å². The van der Waals surface area contributed by atoms with Gasteiger partial charge in [-0.1, -0.05) is 0 Å². The number of amides is 2. The van der Waals surface area contributed by atoms with Crippen molar-refractivity contribution in [3.8, 4) is 11.5 Å². The van der Waals surface area contributed by atoms with E-state index in [1.165, 1.54) is 18.3 Å². The van der Waals surface area contributed by atoms with E-state index in [2.05, 4.69) is 27.9 Å². The number of thiazole rings is 1. The molecule has 2 atom stereocenters. The molecule has 7 nitrogen and oxygen atoms in total. The second kappa shape index (κ2) is 9.16. The van der Waals surface area contributed by atoms with Crippen LogP contribution in [0, 0.1) is 5.92 Å². The van der Waals surface area contributed by atoms with Crippen molar-refractivity contribution in [1.29, 1.82) is 0 Å². The van der Waals surface area contributed by atoms with Gasteiger partial charge in [0.15, 0.2) is 10.9 Å². The Morgan fingerprint density at radius 1 is 1.42 bits per heavy atom. The summed E-state index contributed by atoms with van der Waals surface area (Å²) >= 11 is 1.38. The molecule has 3 rings (SSSR count). The van der Waals surface area contributed by atoms with Gasteiger partial charge in [-0.15, -0.1) is 23.7 Å². The Labute approximate surface area is 162 Å². The number of hydrogen-bond acceptors (Lipinski definition) is 6. The summed E-state index contributed by atoms with van der Waals surface area (Å²) in [5.74, 6) is 1.22. The molecule has 0 aliphatic carbocycles. The van der Waals surface area contributed by atoms with Gasteiger partial charge in [0.1, 0.15) is 11.5 Å². The van der Waals surface area contributed by atoms with E-state index >= 15 is 0 Å². The van der Waals surface area contributed by atoms with Crippen LogP contribution in [0.2, 0.25) is 0 Å². The molecule has 1 aliphatic heterocycles. The van der Waals surface area contributed by atoms with Crippen LogP contribution in [0.1, 0.15) is 32.4 Å². The van der Waals surface area contributed by atoms with Crippen LogP contribution in [0.15, 0.2) is 21.9 Å². The Balaban J connectivity index is 0.00000243. The topological polar surface area (TPSA) is 96.3 Å². The Bertz CT molecular complexity index is 761. The van der Waals surface area contributed by atoms with E-state index in [0.717, 1.165) is 19.4 Å². The molecule has 1 fully saturated rings. The third-order valence-electron chi connectivity index (χ3n) is 4.15. The number of carbonyl (C=O) groups excluding carboxylic acids is 2. The van der Waals surface area contributed by atoms with Crippen LogP contribution in [-0.4, -0.2) is 29.4 Å². The third kappa shape index (κ3) is 5.30. The van der Waals surface area contributed by atoms with E-state index in [-0.39, 0.29) is 30.1 Å². The number of nitrogens with zero attached hydrogens (tertiary/aromatic N) is 1. The zero-order valence-electron chi connectivity index (χ0n) is 14.7. The maximum atomic E-state index is 12.4. The minimum absolute atomic E-state index is 0. The van der Waals surface area contributed by atoms with Gasteiger partial charge in [0.2, 0.25) is 11.8 Å². The quantitative estimate of drug-likeness (QED) is 0.719.